The highest BCUT2D eigenvalue weighted by Crippen LogP contribution is 2.34. The molecule has 0 amide bonds. The fraction of sp³-hybridized carbons (Fsp3) is 0.385. The maximum atomic E-state index is 10.9. The van der Waals surface area contributed by atoms with Crippen LogP contribution in [0.3, 0.4) is 0 Å². The van der Waals surface area contributed by atoms with Crippen LogP contribution in [0.15, 0.2) is 103 Å². The highest BCUT2D eigenvalue weighted by Gasteiger charge is 2.24. The first-order valence-corrected chi connectivity index (χ1v) is 16.5. The zero-order valence-electron chi connectivity index (χ0n) is 26.8. The van der Waals surface area contributed by atoms with E-state index in [1.165, 1.54) is 19.3 Å². The van der Waals surface area contributed by atoms with Crippen LogP contribution < -0.4 is 24.8 Å². The molecule has 2 aliphatic rings. The predicted molar refractivity (Wildman–Crippen MR) is 182 cm³/mol. The van der Waals surface area contributed by atoms with E-state index in [1.54, 1.807) is 7.11 Å². The van der Waals surface area contributed by atoms with E-state index in [-0.39, 0.29) is 12.1 Å². The molecule has 244 valence electrons. The van der Waals surface area contributed by atoms with Crippen LogP contribution in [0.2, 0.25) is 0 Å². The van der Waals surface area contributed by atoms with Crippen molar-refractivity contribution < 1.29 is 24.4 Å². The Balaban J connectivity index is 0.000000219. The van der Waals surface area contributed by atoms with Crippen molar-refractivity contribution in [3.63, 3.8) is 0 Å². The van der Waals surface area contributed by atoms with E-state index in [0.29, 0.717) is 24.7 Å². The lowest BCUT2D eigenvalue weighted by atomic mass is 9.95. The van der Waals surface area contributed by atoms with Gasteiger partial charge in [0.05, 0.1) is 19.3 Å². The van der Waals surface area contributed by atoms with Gasteiger partial charge in [-0.05, 0) is 85.3 Å². The lowest BCUT2D eigenvalue weighted by molar-refractivity contribution is 0.113. The quantitative estimate of drug-likeness (QED) is 0.144. The molecule has 7 nitrogen and oxygen atoms in total. The first kappa shape index (κ1) is 33.5. The molecule has 46 heavy (non-hydrogen) atoms. The Labute approximate surface area is 273 Å². The summed E-state index contributed by atoms with van der Waals surface area (Å²) in [5.41, 5.74) is 4.00. The zero-order valence-corrected chi connectivity index (χ0v) is 26.8. The van der Waals surface area contributed by atoms with Gasteiger partial charge < -0.3 is 35.1 Å². The first-order valence-electron chi connectivity index (χ1n) is 16.5. The average Bonchev–Trinajstić information content (AvgIpc) is 3.14. The normalized spacial score (nSPS) is 19.2. The van der Waals surface area contributed by atoms with E-state index in [1.807, 2.05) is 103 Å². The molecule has 2 fully saturated rings. The number of hydrogen-bond donors (Lipinski definition) is 4. The summed E-state index contributed by atoms with van der Waals surface area (Å²) in [5, 5.41) is 27.9. The molecule has 4 atom stereocenters. The molecule has 4 aromatic rings. The van der Waals surface area contributed by atoms with Gasteiger partial charge in [0, 0.05) is 12.1 Å². The summed E-state index contributed by atoms with van der Waals surface area (Å²) in [4.78, 5) is 0. The topological polar surface area (TPSA) is 92.2 Å². The molecule has 0 spiro atoms. The molecule has 4 N–H and O–H groups in total. The van der Waals surface area contributed by atoms with Gasteiger partial charge in [0.2, 0.25) is 0 Å². The fourth-order valence-corrected chi connectivity index (χ4v) is 5.97. The molecule has 4 aromatic carbocycles. The lowest BCUT2D eigenvalue weighted by Crippen LogP contribution is -2.38. The minimum atomic E-state index is -0.562. The van der Waals surface area contributed by atoms with Crippen LogP contribution in [0, 0.1) is 0 Å². The number of methoxy groups -OCH3 is 1. The molecule has 2 aliphatic heterocycles. The molecule has 0 aromatic heterocycles. The highest BCUT2D eigenvalue weighted by molar-refractivity contribution is 5.44. The summed E-state index contributed by atoms with van der Waals surface area (Å²) in [6, 6.07) is 33.8. The molecule has 2 heterocycles. The average molecular weight is 625 g/mol. The number of aliphatic hydroxyl groups excluding tert-OH is 2. The van der Waals surface area contributed by atoms with Crippen LogP contribution in [0.5, 0.6) is 17.2 Å². The van der Waals surface area contributed by atoms with Gasteiger partial charge >= 0.3 is 0 Å². The second kappa shape index (κ2) is 17.7. The Morgan fingerprint density at radius 1 is 0.609 bits per heavy atom. The van der Waals surface area contributed by atoms with Crippen molar-refractivity contribution in [1.82, 2.24) is 10.6 Å². The van der Waals surface area contributed by atoms with Gasteiger partial charge in [-0.3, -0.25) is 0 Å². The van der Waals surface area contributed by atoms with Crippen molar-refractivity contribution in [2.45, 2.75) is 76.0 Å². The van der Waals surface area contributed by atoms with Crippen LogP contribution in [-0.2, 0) is 13.2 Å². The summed E-state index contributed by atoms with van der Waals surface area (Å²) in [5.74, 6) is 2.16. The largest absolute Gasteiger partial charge is 0.497 e. The third kappa shape index (κ3) is 9.81. The Bertz CT molecular complexity index is 1420. The predicted octanol–water partition coefficient (Wildman–Crippen LogP) is 6.89. The number of hydrogen-bond acceptors (Lipinski definition) is 7. The number of ether oxygens (including phenoxy) is 3. The maximum absolute atomic E-state index is 10.9. The summed E-state index contributed by atoms with van der Waals surface area (Å²) in [7, 11) is 1.65. The summed E-state index contributed by atoms with van der Waals surface area (Å²) in [6.07, 6.45) is 5.78. The summed E-state index contributed by atoms with van der Waals surface area (Å²) in [6.45, 7) is 2.88. The van der Waals surface area contributed by atoms with Crippen molar-refractivity contribution in [1.29, 1.82) is 0 Å². The summed E-state index contributed by atoms with van der Waals surface area (Å²) < 4.78 is 17.3. The van der Waals surface area contributed by atoms with Gasteiger partial charge in [-0.1, -0.05) is 91.7 Å². The van der Waals surface area contributed by atoms with E-state index < -0.39 is 12.2 Å². The van der Waals surface area contributed by atoms with Crippen LogP contribution in [0.25, 0.3) is 0 Å². The molecule has 0 saturated carbocycles. The number of aliphatic hydroxyl groups is 2. The number of nitrogens with one attached hydrogen (secondary N) is 2. The third-order valence-corrected chi connectivity index (χ3v) is 8.70. The van der Waals surface area contributed by atoms with Gasteiger partial charge in [-0.2, -0.15) is 0 Å². The van der Waals surface area contributed by atoms with Gasteiger partial charge in [0.15, 0.2) is 11.5 Å². The van der Waals surface area contributed by atoms with E-state index in [2.05, 4.69) is 10.6 Å². The molecule has 7 heteroatoms. The SMILES string of the molecule is COc1ccc(C(O)C2CCCCN2)cc1.OC(c1ccc(OCc2ccccc2)c(OCc2ccccc2)c1)C1CCCCN1. The van der Waals surface area contributed by atoms with E-state index in [4.69, 9.17) is 14.2 Å². The van der Waals surface area contributed by atoms with E-state index in [0.717, 1.165) is 60.4 Å². The first-order chi connectivity index (χ1) is 22.6. The summed E-state index contributed by atoms with van der Waals surface area (Å²) >= 11 is 0. The van der Waals surface area contributed by atoms with Crippen LogP contribution in [-0.4, -0.2) is 42.5 Å². The zero-order chi connectivity index (χ0) is 32.0. The molecule has 0 bridgehead atoms. The van der Waals surface area contributed by atoms with Crippen molar-refractivity contribution in [3.05, 3.63) is 125 Å². The van der Waals surface area contributed by atoms with Gasteiger partial charge in [0.25, 0.3) is 0 Å². The van der Waals surface area contributed by atoms with E-state index >= 15 is 0 Å². The molecular weight excluding hydrogens is 576 g/mol. The van der Waals surface area contributed by atoms with Crippen molar-refractivity contribution >= 4 is 0 Å². The molecule has 0 aliphatic carbocycles. The Hall–Kier alpha value is -3.88. The van der Waals surface area contributed by atoms with Gasteiger partial charge in [0.1, 0.15) is 19.0 Å². The Morgan fingerprint density at radius 2 is 1.11 bits per heavy atom. The van der Waals surface area contributed by atoms with Crippen molar-refractivity contribution in [2.75, 3.05) is 20.2 Å². The van der Waals surface area contributed by atoms with Crippen LogP contribution >= 0.6 is 0 Å². The number of piperidine rings is 2. The number of benzene rings is 4. The van der Waals surface area contributed by atoms with Crippen molar-refractivity contribution in [2.24, 2.45) is 0 Å². The molecule has 4 unspecified atom stereocenters. The third-order valence-electron chi connectivity index (χ3n) is 8.70. The molecule has 2 saturated heterocycles. The number of rotatable bonds is 11. The maximum Gasteiger partial charge on any atom is 0.162 e. The molecule has 6 rings (SSSR count). The van der Waals surface area contributed by atoms with Gasteiger partial charge in [-0.25, -0.2) is 0 Å². The highest BCUT2D eigenvalue weighted by atomic mass is 16.5. The smallest absolute Gasteiger partial charge is 0.162 e. The standard InChI is InChI=1S/C26H29NO3.C13H19NO2/c28-26(23-13-7-8-16-27-23)22-14-15-24(29-18-20-9-3-1-4-10-20)25(17-22)30-19-21-11-5-2-6-12-21;1-16-11-7-5-10(6-8-11)13(15)12-4-2-3-9-14-12/h1-6,9-12,14-15,17,23,26-28H,7-8,13,16,18-19H2;5-8,12-15H,2-4,9H2,1H3. The Morgan fingerprint density at radius 3 is 1.61 bits per heavy atom. The molecular formula is C39H48N2O5. The van der Waals surface area contributed by atoms with E-state index in [9.17, 15) is 10.2 Å². The second-order valence-corrected chi connectivity index (χ2v) is 12.0. The minimum Gasteiger partial charge on any atom is -0.497 e. The second-order valence-electron chi connectivity index (χ2n) is 12.0. The fourth-order valence-electron chi connectivity index (χ4n) is 5.97. The van der Waals surface area contributed by atoms with Crippen LogP contribution in [0.4, 0.5) is 0 Å². The van der Waals surface area contributed by atoms with Crippen molar-refractivity contribution in [3.8, 4) is 17.2 Å². The monoisotopic (exact) mass is 624 g/mol. The van der Waals surface area contributed by atoms with Gasteiger partial charge in [-0.15, -0.1) is 0 Å². The lowest BCUT2D eigenvalue weighted by Gasteiger charge is -2.28. The minimum absolute atomic E-state index is 0.0804. The van der Waals surface area contributed by atoms with Crippen LogP contribution in [0.1, 0.15) is 73.0 Å². The molecule has 0 radical (unpaired) electrons. The Kier molecular flexibility index (Phi) is 12.9.